The lowest BCUT2D eigenvalue weighted by Crippen LogP contribution is -2.09. The number of aliphatic hydroxyl groups excluding tert-OH is 1. The van der Waals surface area contributed by atoms with Crippen molar-refractivity contribution in [1.29, 1.82) is 0 Å². The Labute approximate surface area is 94.0 Å². The van der Waals surface area contributed by atoms with E-state index in [4.69, 9.17) is 4.74 Å². The van der Waals surface area contributed by atoms with Crippen LogP contribution in [0.2, 0.25) is 0 Å². The van der Waals surface area contributed by atoms with Gasteiger partial charge in [-0.2, -0.15) is 0 Å². The molecule has 0 saturated carbocycles. The molecule has 82 valence electrons. The summed E-state index contributed by atoms with van der Waals surface area (Å²) in [5.41, 5.74) is 1.02. The first-order valence-corrected chi connectivity index (χ1v) is 5.30. The summed E-state index contributed by atoms with van der Waals surface area (Å²) in [7, 11) is 0. The van der Waals surface area contributed by atoms with Gasteiger partial charge in [0.15, 0.2) is 0 Å². The van der Waals surface area contributed by atoms with Crippen LogP contribution >= 0.6 is 15.9 Å². The predicted octanol–water partition coefficient (Wildman–Crippen LogP) is 2.68. The van der Waals surface area contributed by atoms with Crippen LogP contribution in [0.3, 0.4) is 0 Å². The number of hydrogen-bond donors (Lipinski definition) is 1. The van der Waals surface area contributed by atoms with Gasteiger partial charge in [0.05, 0.1) is 6.61 Å². The lowest BCUT2D eigenvalue weighted by molar-refractivity contribution is -0.00703. The average molecular weight is 279 g/mol. The van der Waals surface area contributed by atoms with Gasteiger partial charge in [-0.05, 0) is 17.7 Å². The molecule has 1 N–H and O–H groups in total. The SMILES string of the molecule is OC(c1cc(Br)cc2c1OCC2)C(F)F. The van der Waals surface area contributed by atoms with E-state index in [0.29, 0.717) is 23.2 Å². The van der Waals surface area contributed by atoms with E-state index in [0.717, 1.165) is 5.56 Å². The van der Waals surface area contributed by atoms with Crippen LogP contribution in [0.4, 0.5) is 8.78 Å². The second kappa shape index (κ2) is 4.06. The largest absolute Gasteiger partial charge is 0.493 e. The summed E-state index contributed by atoms with van der Waals surface area (Å²) < 4.78 is 30.7. The number of ether oxygens (including phenoxy) is 1. The van der Waals surface area contributed by atoms with E-state index >= 15 is 0 Å². The molecule has 0 amide bonds. The van der Waals surface area contributed by atoms with Crippen molar-refractivity contribution in [2.24, 2.45) is 0 Å². The van der Waals surface area contributed by atoms with E-state index in [1.165, 1.54) is 6.07 Å². The molecule has 1 unspecified atom stereocenters. The van der Waals surface area contributed by atoms with Crippen LogP contribution in [0.1, 0.15) is 17.2 Å². The van der Waals surface area contributed by atoms with Crippen molar-refractivity contribution >= 4 is 15.9 Å². The summed E-state index contributed by atoms with van der Waals surface area (Å²) in [5, 5.41) is 9.34. The fourth-order valence-corrected chi connectivity index (χ4v) is 2.18. The number of alkyl halides is 2. The molecule has 1 aliphatic rings. The van der Waals surface area contributed by atoms with E-state index in [-0.39, 0.29) is 5.56 Å². The fourth-order valence-electron chi connectivity index (χ4n) is 1.65. The van der Waals surface area contributed by atoms with Gasteiger partial charge in [-0.25, -0.2) is 8.78 Å². The van der Waals surface area contributed by atoms with Crippen LogP contribution in [-0.2, 0) is 6.42 Å². The van der Waals surface area contributed by atoms with Crippen molar-refractivity contribution in [3.63, 3.8) is 0 Å². The van der Waals surface area contributed by atoms with Gasteiger partial charge in [-0.15, -0.1) is 0 Å². The summed E-state index contributed by atoms with van der Waals surface area (Å²) in [6, 6.07) is 3.30. The predicted molar refractivity (Wildman–Crippen MR) is 54.3 cm³/mol. The highest BCUT2D eigenvalue weighted by Gasteiger charge is 2.27. The van der Waals surface area contributed by atoms with Gasteiger partial charge in [0.25, 0.3) is 6.43 Å². The van der Waals surface area contributed by atoms with Crippen LogP contribution in [0, 0.1) is 0 Å². The quantitative estimate of drug-likeness (QED) is 0.901. The third-order valence-electron chi connectivity index (χ3n) is 2.33. The molecule has 0 aliphatic carbocycles. The smallest absolute Gasteiger partial charge is 0.268 e. The lowest BCUT2D eigenvalue weighted by atomic mass is 10.0. The van der Waals surface area contributed by atoms with Gasteiger partial charge in [0.1, 0.15) is 11.9 Å². The van der Waals surface area contributed by atoms with Gasteiger partial charge in [-0.1, -0.05) is 15.9 Å². The third kappa shape index (κ3) is 1.99. The van der Waals surface area contributed by atoms with Gasteiger partial charge >= 0.3 is 0 Å². The molecular formula is C10H9BrF2O2. The molecule has 0 fully saturated rings. The second-order valence-electron chi connectivity index (χ2n) is 3.36. The van der Waals surface area contributed by atoms with Crippen LogP contribution in [0.5, 0.6) is 5.75 Å². The Balaban J connectivity index is 2.47. The van der Waals surface area contributed by atoms with Crippen LogP contribution < -0.4 is 4.74 Å². The minimum Gasteiger partial charge on any atom is -0.493 e. The molecule has 1 heterocycles. The highest BCUT2D eigenvalue weighted by Crippen LogP contribution is 2.38. The van der Waals surface area contributed by atoms with Crippen molar-refractivity contribution in [3.05, 3.63) is 27.7 Å². The van der Waals surface area contributed by atoms with E-state index < -0.39 is 12.5 Å². The van der Waals surface area contributed by atoms with Gasteiger partial charge < -0.3 is 9.84 Å². The molecule has 1 atom stereocenters. The third-order valence-corrected chi connectivity index (χ3v) is 2.79. The van der Waals surface area contributed by atoms with Crippen molar-refractivity contribution in [2.45, 2.75) is 19.0 Å². The number of halogens is 3. The number of rotatable bonds is 2. The minimum absolute atomic E-state index is 0.159. The molecule has 0 spiro atoms. The normalized spacial score (nSPS) is 16.3. The molecule has 0 radical (unpaired) electrons. The summed E-state index contributed by atoms with van der Waals surface area (Å²) in [4.78, 5) is 0. The number of aliphatic hydroxyl groups is 1. The molecular weight excluding hydrogens is 270 g/mol. The van der Waals surface area contributed by atoms with E-state index in [1.807, 2.05) is 6.07 Å². The first-order chi connectivity index (χ1) is 7.09. The fraction of sp³-hybridized carbons (Fsp3) is 0.400. The lowest BCUT2D eigenvalue weighted by Gasteiger charge is -2.14. The van der Waals surface area contributed by atoms with Gasteiger partial charge in [0.2, 0.25) is 0 Å². The second-order valence-corrected chi connectivity index (χ2v) is 4.28. The number of benzene rings is 1. The monoisotopic (exact) mass is 278 g/mol. The Bertz CT molecular complexity index is 382. The Morgan fingerprint density at radius 2 is 2.13 bits per heavy atom. The molecule has 1 aliphatic heterocycles. The van der Waals surface area contributed by atoms with Crippen LogP contribution in [0.15, 0.2) is 16.6 Å². The van der Waals surface area contributed by atoms with E-state index in [2.05, 4.69) is 15.9 Å². The van der Waals surface area contributed by atoms with E-state index in [9.17, 15) is 13.9 Å². The van der Waals surface area contributed by atoms with Gasteiger partial charge in [-0.3, -0.25) is 0 Å². The van der Waals surface area contributed by atoms with Crippen molar-refractivity contribution in [2.75, 3.05) is 6.61 Å². The number of fused-ring (bicyclic) bond motifs is 1. The molecule has 0 saturated heterocycles. The first kappa shape index (κ1) is 10.8. The zero-order valence-corrected chi connectivity index (χ0v) is 9.30. The molecule has 5 heteroatoms. The molecule has 2 rings (SSSR count). The maximum atomic E-state index is 12.4. The Morgan fingerprint density at radius 1 is 1.40 bits per heavy atom. The Morgan fingerprint density at radius 3 is 2.80 bits per heavy atom. The summed E-state index contributed by atoms with van der Waals surface area (Å²) >= 11 is 3.22. The summed E-state index contributed by atoms with van der Waals surface area (Å²) in [6.07, 6.45) is -3.89. The molecule has 0 bridgehead atoms. The Kier molecular flexibility index (Phi) is 2.93. The van der Waals surface area contributed by atoms with E-state index in [1.54, 1.807) is 0 Å². The zero-order valence-electron chi connectivity index (χ0n) is 7.71. The van der Waals surface area contributed by atoms with Crippen molar-refractivity contribution < 1.29 is 18.6 Å². The molecule has 1 aromatic carbocycles. The highest BCUT2D eigenvalue weighted by molar-refractivity contribution is 9.10. The number of hydrogen-bond acceptors (Lipinski definition) is 2. The average Bonchev–Trinajstić information content (AvgIpc) is 2.62. The van der Waals surface area contributed by atoms with Gasteiger partial charge in [0, 0.05) is 16.5 Å². The summed E-state index contributed by atoms with van der Waals surface area (Å²) in [5.74, 6) is 0.408. The highest BCUT2D eigenvalue weighted by atomic mass is 79.9. The maximum Gasteiger partial charge on any atom is 0.268 e. The van der Waals surface area contributed by atoms with Crippen molar-refractivity contribution in [1.82, 2.24) is 0 Å². The first-order valence-electron chi connectivity index (χ1n) is 4.51. The van der Waals surface area contributed by atoms with Crippen molar-refractivity contribution in [3.8, 4) is 5.75 Å². The topological polar surface area (TPSA) is 29.5 Å². The molecule has 15 heavy (non-hydrogen) atoms. The molecule has 0 aromatic heterocycles. The molecule has 2 nitrogen and oxygen atoms in total. The standard InChI is InChI=1S/C10H9BrF2O2/c11-6-3-5-1-2-15-9(5)7(4-6)8(14)10(12)13/h3-4,8,10,14H,1-2H2. The zero-order chi connectivity index (χ0) is 11.0. The molecule has 1 aromatic rings. The van der Waals surface area contributed by atoms with Crippen LogP contribution in [0.25, 0.3) is 0 Å². The Hall–Kier alpha value is -0.680. The minimum atomic E-state index is -2.80. The maximum absolute atomic E-state index is 12.4. The summed E-state index contributed by atoms with van der Waals surface area (Å²) in [6.45, 7) is 0.481. The van der Waals surface area contributed by atoms with Crippen LogP contribution in [-0.4, -0.2) is 18.1 Å².